The Morgan fingerprint density at radius 1 is 1.16 bits per heavy atom. The molecule has 0 atom stereocenters. The highest BCUT2D eigenvalue weighted by atomic mass is 79.9. The van der Waals surface area contributed by atoms with Crippen molar-refractivity contribution in [2.45, 2.75) is 13.3 Å². The Bertz CT molecular complexity index is 586. The van der Waals surface area contributed by atoms with E-state index in [1.165, 1.54) is 5.56 Å². The monoisotopic (exact) mass is 339 g/mol. The predicted octanol–water partition coefficient (Wildman–Crippen LogP) is 4.70. The van der Waals surface area contributed by atoms with Crippen LogP contribution in [-0.2, 0) is 6.42 Å². The molecule has 0 aromatic heterocycles. The number of nitrogens with two attached hydrogens (primary N) is 1. The maximum absolute atomic E-state index is 5.99. The number of hydrogen-bond donors (Lipinski definition) is 1. The SMILES string of the molecule is Cc1cc(Oc2ccc(CCN)c(Br)c2)ccc1Cl. The molecule has 2 aromatic carbocycles. The van der Waals surface area contributed by atoms with Crippen LogP contribution >= 0.6 is 27.5 Å². The second kappa shape index (κ2) is 6.42. The average Bonchev–Trinajstić information content (AvgIpc) is 2.37. The number of benzene rings is 2. The molecule has 0 bridgehead atoms. The van der Waals surface area contributed by atoms with Crippen molar-refractivity contribution in [3.63, 3.8) is 0 Å². The van der Waals surface area contributed by atoms with Gasteiger partial charge in [0.25, 0.3) is 0 Å². The fourth-order valence-electron chi connectivity index (χ4n) is 1.77. The van der Waals surface area contributed by atoms with Gasteiger partial charge in [-0.05, 0) is 61.3 Å². The minimum absolute atomic E-state index is 0.634. The second-order valence-corrected chi connectivity index (χ2v) is 5.57. The molecule has 2 nitrogen and oxygen atoms in total. The van der Waals surface area contributed by atoms with Gasteiger partial charge >= 0.3 is 0 Å². The quantitative estimate of drug-likeness (QED) is 0.875. The van der Waals surface area contributed by atoms with E-state index in [0.29, 0.717) is 6.54 Å². The molecule has 100 valence electrons. The smallest absolute Gasteiger partial charge is 0.128 e. The van der Waals surface area contributed by atoms with Crippen molar-refractivity contribution in [1.82, 2.24) is 0 Å². The Kier molecular flexibility index (Phi) is 4.86. The van der Waals surface area contributed by atoms with E-state index in [-0.39, 0.29) is 0 Å². The zero-order chi connectivity index (χ0) is 13.8. The topological polar surface area (TPSA) is 35.2 Å². The maximum atomic E-state index is 5.99. The molecule has 0 fully saturated rings. The fraction of sp³-hybridized carbons (Fsp3) is 0.200. The summed E-state index contributed by atoms with van der Waals surface area (Å²) in [4.78, 5) is 0. The van der Waals surface area contributed by atoms with Crippen LogP contribution in [-0.4, -0.2) is 6.54 Å². The molecular formula is C15H15BrClNO. The van der Waals surface area contributed by atoms with Crippen molar-refractivity contribution in [3.8, 4) is 11.5 Å². The highest BCUT2D eigenvalue weighted by Crippen LogP contribution is 2.29. The normalized spacial score (nSPS) is 10.5. The Morgan fingerprint density at radius 2 is 1.84 bits per heavy atom. The van der Waals surface area contributed by atoms with Crippen molar-refractivity contribution in [3.05, 3.63) is 57.0 Å². The number of aryl methyl sites for hydroxylation is 1. The lowest BCUT2D eigenvalue weighted by atomic mass is 10.1. The van der Waals surface area contributed by atoms with Crippen LogP contribution in [0.3, 0.4) is 0 Å². The number of ether oxygens (including phenoxy) is 1. The van der Waals surface area contributed by atoms with E-state index in [9.17, 15) is 0 Å². The molecule has 0 aliphatic heterocycles. The van der Waals surface area contributed by atoms with E-state index in [1.807, 2.05) is 43.3 Å². The van der Waals surface area contributed by atoms with Gasteiger partial charge < -0.3 is 10.5 Å². The molecule has 0 unspecified atom stereocenters. The van der Waals surface area contributed by atoms with Crippen LogP contribution in [0.4, 0.5) is 0 Å². The van der Waals surface area contributed by atoms with Crippen molar-refractivity contribution < 1.29 is 4.74 Å². The molecule has 19 heavy (non-hydrogen) atoms. The van der Waals surface area contributed by atoms with Gasteiger partial charge in [0.15, 0.2) is 0 Å². The van der Waals surface area contributed by atoms with Crippen LogP contribution in [0.1, 0.15) is 11.1 Å². The molecule has 0 saturated heterocycles. The molecule has 0 saturated carbocycles. The van der Waals surface area contributed by atoms with E-state index in [2.05, 4.69) is 15.9 Å². The van der Waals surface area contributed by atoms with Crippen LogP contribution in [0.5, 0.6) is 11.5 Å². The Balaban J connectivity index is 2.19. The number of rotatable bonds is 4. The van der Waals surface area contributed by atoms with Crippen LogP contribution in [0.2, 0.25) is 5.02 Å². The van der Waals surface area contributed by atoms with Gasteiger partial charge in [0, 0.05) is 9.50 Å². The average molecular weight is 341 g/mol. The number of hydrogen-bond acceptors (Lipinski definition) is 2. The predicted molar refractivity (Wildman–Crippen MR) is 83.2 cm³/mol. The van der Waals surface area contributed by atoms with Crippen molar-refractivity contribution in [1.29, 1.82) is 0 Å². The zero-order valence-corrected chi connectivity index (χ0v) is 13.0. The molecular weight excluding hydrogens is 326 g/mol. The standard InChI is InChI=1S/C15H15BrClNO/c1-10-8-12(4-5-15(10)17)19-13-3-2-11(6-7-18)14(16)9-13/h2-5,8-9H,6-7,18H2,1H3. The van der Waals surface area contributed by atoms with E-state index in [4.69, 9.17) is 22.1 Å². The summed E-state index contributed by atoms with van der Waals surface area (Å²) in [6.07, 6.45) is 0.848. The third-order valence-corrected chi connectivity index (χ3v) is 3.97. The van der Waals surface area contributed by atoms with Gasteiger partial charge in [-0.15, -0.1) is 0 Å². The van der Waals surface area contributed by atoms with Crippen LogP contribution in [0, 0.1) is 6.92 Å². The summed E-state index contributed by atoms with van der Waals surface area (Å²) in [6, 6.07) is 11.5. The van der Waals surface area contributed by atoms with Gasteiger partial charge in [-0.25, -0.2) is 0 Å². The first-order chi connectivity index (χ1) is 9.10. The zero-order valence-electron chi connectivity index (χ0n) is 10.6. The summed E-state index contributed by atoms with van der Waals surface area (Å²) < 4.78 is 6.82. The van der Waals surface area contributed by atoms with Gasteiger partial charge in [-0.1, -0.05) is 33.6 Å². The Morgan fingerprint density at radius 3 is 2.47 bits per heavy atom. The molecule has 2 aromatic rings. The van der Waals surface area contributed by atoms with E-state index in [0.717, 1.165) is 33.0 Å². The lowest BCUT2D eigenvalue weighted by Crippen LogP contribution is -2.03. The van der Waals surface area contributed by atoms with E-state index < -0.39 is 0 Å². The minimum atomic E-state index is 0.634. The highest BCUT2D eigenvalue weighted by molar-refractivity contribution is 9.10. The molecule has 0 aliphatic rings. The second-order valence-electron chi connectivity index (χ2n) is 4.30. The van der Waals surface area contributed by atoms with Gasteiger partial charge in [0.2, 0.25) is 0 Å². The fourth-order valence-corrected chi connectivity index (χ4v) is 2.44. The third-order valence-electron chi connectivity index (χ3n) is 2.80. The summed E-state index contributed by atoms with van der Waals surface area (Å²) in [5, 5.41) is 0.742. The highest BCUT2D eigenvalue weighted by Gasteiger charge is 2.04. The van der Waals surface area contributed by atoms with Gasteiger partial charge in [0.1, 0.15) is 11.5 Å². The Labute approximate surface area is 126 Å². The molecule has 0 spiro atoms. The molecule has 0 amide bonds. The lowest BCUT2D eigenvalue weighted by molar-refractivity contribution is 0.481. The van der Waals surface area contributed by atoms with Gasteiger partial charge in [-0.2, -0.15) is 0 Å². The molecule has 2 N–H and O–H groups in total. The third kappa shape index (κ3) is 3.72. The van der Waals surface area contributed by atoms with Crippen LogP contribution < -0.4 is 10.5 Å². The van der Waals surface area contributed by atoms with Crippen LogP contribution in [0.25, 0.3) is 0 Å². The summed E-state index contributed by atoms with van der Waals surface area (Å²) in [5.41, 5.74) is 7.74. The summed E-state index contributed by atoms with van der Waals surface area (Å²) in [6.45, 7) is 2.59. The van der Waals surface area contributed by atoms with Gasteiger partial charge in [-0.3, -0.25) is 0 Å². The molecule has 4 heteroatoms. The molecule has 0 heterocycles. The molecule has 0 aliphatic carbocycles. The van der Waals surface area contributed by atoms with Crippen LogP contribution in [0.15, 0.2) is 40.9 Å². The summed E-state index contributed by atoms with van der Waals surface area (Å²) in [5.74, 6) is 1.56. The number of halogens is 2. The summed E-state index contributed by atoms with van der Waals surface area (Å²) in [7, 11) is 0. The molecule has 0 radical (unpaired) electrons. The first kappa shape index (κ1) is 14.4. The van der Waals surface area contributed by atoms with E-state index in [1.54, 1.807) is 0 Å². The van der Waals surface area contributed by atoms with Crippen molar-refractivity contribution >= 4 is 27.5 Å². The first-order valence-electron chi connectivity index (χ1n) is 6.02. The van der Waals surface area contributed by atoms with Gasteiger partial charge in [0.05, 0.1) is 0 Å². The first-order valence-corrected chi connectivity index (χ1v) is 7.20. The summed E-state index contributed by atoms with van der Waals surface area (Å²) >= 11 is 9.52. The Hall–Kier alpha value is -1.03. The van der Waals surface area contributed by atoms with Crippen molar-refractivity contribution in [2.75, 3.05) is 6.54 Å². The maximum Gasteiger partial charge on any atom is 0.128 e. The molecule has 2 rings (SSSR count). The van der Waals surface area contributed by atoms with Crippen molar-refractivity contribution in [2.24, 2.45) is 5.73 Å². The lowest BCUT2D eigenvalue weighted by Gasteiger charge is -2.09. The minimum Gasteiger partial charge on any atom is -0.457 e. The van der Waals surface area contributed by atoms with E-state index >= 15 is 0 Å². The largest absolute Gasteiger partial charge is 0.457 e.